The van der Waals surface area contributed by atoms with Crippen LogP contribution in [-0.2, 0) is 16.1 Å². The van der Waals surface area contributed by atoms with Crippen LogP contribution in [0.2, 0.25) is 0 Å². The van der Waals surface area contributed by atoms with Crippen LogP contribution >= 0.6 is 0 Å². The van der Waals surface area contributed by atoms with Crippen LogP contribution in [0.15, 0.2) is 68.7 Å². The Morgan fingerprint density at radius 3 is 2.57 bits per heavy atom. The van der Waals surface area contributed by atoms with Crippen molar-refractivity contribution < 1.29 is 23.3 Å². The van der Waals surface area contributed by atoms with E-state index < -0.39 is 16.7 Å². The van der Waals surface area contributed by atoms with Gasteiger partial charge in [0.15, 0.2) is 0 Å². The molecule has 2 N–H and O–H groups in total. The SMILES string of the molecule is O=C(NCc1ccco1)C(=O)N/N=C\c1ccc(-c2ccc([N+](=O)[O-])cc2)o1. The molecule has 0 atom stereocenters. The van der Waals surface area contributed by atoms with Gasteiger partial charge in [0.05, 0.1) is 23.9 Å². The third-order valence-corrected chi connectivity index (χ3v) is 3.56. The first kappa shape index (κ1) is 18.6. The number of carbonyl (C=O) groups excluding carboxylic acids is 2. The Morgan fingerprint density at radius 1 is 1.11 bits per heavy atom. The molecule has 0 bridgehead atoms. The van der Waals surface area contributed by atoms with Crippen LogP contribution in [0.4, 0.5) is 5.69 Å². The predicted molar refractivity (Wildman–Crippen MR) is 97.1 cm³/mol. The van der Waals surface area contributed by atoms with Crippen LogP contribution in [0.1, 0.15) is 11.5 Å². The fourth-order valence-electron chi connectivity index (χ4n) is 2.19. The van der Waals surface area contributed by atoms with Gasteiger partial charge in [-0.05, 0) is 36.4 Å². The molecule has 0 aliphatic heterocycles. The molecule has 28 heavy (non-hydrogen) atoms. The van der Waals surface area contributed by atoms with Crippen LogP contribution in [0.25, 0.3) is 11.3 Å². The van der Waals surface area contributed by atoms with E-state index in [1.54, 1.807) is 36.4 Å². The molecule has 0 fully saturated rings. The molecule has 0 saturated heterocycles. The Kier molecular flexibility index (Phi) is 5.60. The molecule has 0 unspecified atom stereocenters. The fourth-order valence-corrected chi connectivity index (χ4v) is 2.19. The van der Waals surface area contributed by atoms with Gasteiger partial charge in [0.1, 0.15) is 17.3 Å². The van der Waals surface area contributed by atoms with E-state index in [4.69, 9.17) is 8.83 Å². The first-order valence-corrected chi connectivity index (χ1v) is 8.01. The summed E-state index contributed by atoms with van der Waals surface area (Å²) in [4.78, 5) is 33.5. The maximum atomic E-state index is 11.7. The van der Waals surface area contributed by atoms with Crippen molar-refractivity contribution in [2.75, 3.05) is 0 Å². The summed E-state index contributed by atoms with van der Waals surface area (Å²) >= 11 is 0. The van der Waals surface area contributed by atoms with Gasteiger partial charge in [0.2, 0.25) is 0 Å². The second-order valence-corrected chi connectivity index (χ2v) is 5.47. The summed E-state index contributed by atoms with van der Waals surface area (Å²) in [7, 11) is 0. The molecule has 2 heterocycles. The highest BCUT2D eigenvalue weighted by atomic mass is 16.6. The van der Waals surface area contributed by atoms with Crippen molar-refractivity contribution in [3.63, 3.8) is 0 Å². The Labute approximate surface area is 158 Å². The molecular weight excluding hydrogens is 368 g/mol. The van der Waals surface area contributed by atoms with Crippen molar-refractivity contribution in [2.24, 2.45) is 5.10 Å². The Balaban J connectivity index is 1.52. The Bertz CT molecular complexity index is 1010. The molecule has 0 radical (unpaired) electrons. The third-order valence-electron chi connectivity index (χ3n) is 3.56. The lowest BCUT2D eigenvalue weighted by Crippen LogP contribution is -2.37. The highest BCUT2D eigenvalue weighted by Gasteiger charge is 2.13. The number of hydrogen-bond acceptors (Lipinski definition) is 7. The number of furan rings is 2. The van der Waals surface area contributed by atoms with Gasteiger partial charge >= 0.3 is 11.8 Å². The normalized spacial score (nSPS) is 10.7. The molecule has 0 saturated carbocycles. The van der Waals surface area contributed by atoms with Crippen molar-refractivity contribution in [2.45, 2.75) is 6.54 Å². The van der Waals surface area contributed by atoms with Crippen molar-refractivity contribution in [3.8, 4) is 11.3 Å². The van der Waals surface area contributed by atoms with Gasteiger partial charge in [0.25, 0.3) is 5.69 Å². The summed E-state index contributed by atoms with van der Waals surface area (Å²) in [6.07, 6.45) is 2.69. The van der Waals surface area contributed by atoms with Crippen molar-refractivity contribution in [1.29, 1.82) is 0 Å². The average molecular weight is 382 g/mol. The number of nitrogens with one attached hydrogen (secondary N) is 2. The minimum atomic E-state index is -0.940. The highest BCUT2D eigenvalue weighted by Crippen LogP contribution is 2.23. The standard InChI is InChI=1S/C18H14N4O6/c23-17(19-10-14-2-1-9-27-14)18(24)21-20-11-15-7-8-16(28-15)12-3-5-13(6-4-12)22(25)26/h1-9,11H,10H2,(H,19,23)(H,21,24)/b20-11-. The summed E-state index contributed by atoms with van der Waals surface area (Å²) in [6.45, 7) is 0.0831. The van der Waals surface area contributed by atoms with Crippen molar-refractivity contribution in [1.82, 2.24) is 10.7 Å². The van der Waals surface area contributed by atoms with Gasteiger partial charge in [-0.15, -0.1) is 0 Å². The molecule has 10 nitrogen and oxygen atoms in total. The van der Waals surface area contributed by atoms with E-state index >= 15 is 0 Å². The molecule has 0 spiro atoms. The van der Waals surface area contributed by atoms with Crippen LogP contribution in [-0.4, -0.2) is 23.0 Å². The second-order valence-electron chi connectivity index (χ2n) is 5.47. The predicted octanol–water partition coefficient (Wildman–Crippen LogP) is 2.21. The summed E-state index contributed by atoms with van der Waals surface area (Å²) in [5.41, 5.74) is 2.70. The molecule has 3 rings (SSSR count). The summed E-state index contributed by atoms with van der Waals surface area (Å²) in [5.74, 6) is -0.493. The topological polar surface area (TPSA) is 140 Å². The van der Waals surface area contributed by atoms with Crippen LogP contribution in [0.3, 0.4) is 0 Å². The van der Waals surface area contributed by atoms with E-state index in [1.807, 2.05) is 0 Å². The zero-order valence-electron chi connectivity index (χ0n) is 14.3. The lowest BCUT2D eigenvalue weighted by atomic mass is 10.1. The first-order valence-electron chi connectivity index (χ1n) is 8.01. The monoisotopic (exact) mass is 382 g/mol. The zero-order chi connectivity index (χ0) is 19.9. The zero-order valence-corrected chi connectivity index (χ0v) is 14.3. The van der Waals surface area contributed by atoms with Gasteiger partial charge in [0, 0.05) is 17.7 Å². The number of carbonyl (C=O) groups is 2. The largest absolute Gasteiger partial charge is 0.467 e. The Morgan fingerprint density at radius 2 is 1.89 bits per heavy atom. The maximum Gasteiger partial charge on any atom is 0.329 e. The number of hydrogen-bond donors (Lipinski definition) is 2. The number of rotatable bonds is 6. The Hall–Kier alpha value is -4.21. The van der Waals surface area contributed by atoms with E-state index in [-0.39, 0.29) is 12.2 Å². The van der Waals surface area contributed by atoms with Crippen LogP contribution in [0, 0.1) is 10.1 Å². The number of amides is 2. The number of non-ortho nitro benzene ring substituents is 1. The molecule has 2 aromatic heterocycles. The third kappa shape index (κ3) is 4.69. The van der Waals surface area contributed by atoms with E-state index in [1.165, 1.54) is 24.6 Å². The minimum absolute atomic E-state index is 0.0230. The lowest BCUT2D eigenvalue weighted by molar-refractivity contribution is -0.384. The van der Waals surface area contributed by atoms with Gasteiger partial charge in [-0.25, -0.2) is 5.43 Å². The molecule has 0 aliphatic carbocycles. The van der Waals surface area contributed by atoms with E-state index in [9.17, 15) is 19.7 Å². The van der Waals surface area contributed by atoms with Crippen LogP contribution < -0.4 is 10.7 Å². The van der Waals surface area contributed by atoms with E-state index in [0.29, 0.717) is 22.8 Å². The molecule has 1 aromatic carbocycles. The molecule has 2 amide bonds. The molecule has 10 heteroatoms. The number of hydrazone groups is 1. The number of nitro benzene ring substituents is 1. The quantitative estimate of drug-likeness (QED) is 0.290. The summed E-state index contributed by atoms with van der Waals surface area (Å²) in [5, 5.41) is 16.7. The molecular formula is C18H14N4O6. The molecule has 0 aliphatic rings. The fraction of sp³-hybridized carbons (Fsp3) is 0.0556. The number of nitro groups is 1. The molecule has 142 valence electrons. The highest BCUT2D eigenvalue weighted by molar-refractivity contribution is 6.35. The number of nitrogens with zero attached hydrogens (tertiary/aromatic N) is 2. The summed E-state index contributed by atoms with van der Waals surface area (Å²) < 4.78 is 10.6. The van der Waals surface area contributed by atoms with E-state index in [0.717, 1.165) is 0 Å². The minimum Gasteiger partial charge on any atom is -0.467 e. The van der Waals surface area contributed by atoms with Gasteiger partial charge in [-0.1, -0.05) is 0 Å². The van der Waals surface area contributed by atoms with Crippen LogP contribution in [0.5, 0.6) is 0 Å². The van der Waals surface area contributed by atoms with E-state index in [2.05, 4.69) is 15.8 Å². The maximum absolute atomic E-state index is 11.7. The smallest absolute Gasteiger partial charge is 0.329 e. The van der Waals surface area contributed by atoms with Gasteiger partial charge in [-0.2, -0.15) is 5.10 Å². The first-order chi connectivity index (χ1) is 13.5. The van der Waals surface area contributed by atoms with Crippen molar-refractivity contribution >= 4 is 23.7 Å². The van der Waals surface area contributed by atoms with Gasteiger partial charge in [-0.3, -0.25) is 19.7 Å². The lowest BCUT2D eigenvalue weighted by Gasteiger charge is -2.01. The number of benzene rings is 1. The van der Waals surface area contributed by atoms with Crippen molar-refractivity contribution in [3.05, 3.63) is 76.4 Å². The summed E-state index contributed by atoms with van der Waals surface area (Å²) in [6, 6.07) is 12.4. The van der Waals surface area contributed by atoms with Gasteiger partial charge < -0.3 is 14.2 Å². The molecule has 3 aromatic rings. The average Bonchev–Trinajstić information content (AvgIpc) is 3.38. The second kappa shape index (κ2) is 8.45.